The Morgan fingerprint density at radius 2 is 1.68 bits per heavy atom. The Bertz CT molecular complexity index is 862. The lowest BCUT2D eigenvalue weighted by atomic mass is 10.1. The van der Waals surface area contributed by atoms with Crippen molar-refractivity contribution in [2.75, 3.05) is 6.61 Å². The predicted molar refractivity (Wildman–Crippen MR) is 110 cm³/mol. The monoisotopic (exact) mass is 404 g/mol. The molecule has 0 radical (unpaired) electrons. The van der Waals surface area contributed by atoms with Crippen LogP contribution in [0.3, 0.4) is 0 Å². The fourth-order valence-corrected chi connectivity index (χ4v) is 3.25. The number of hydrogen-bond acceptors (Lipinski definition) is 4. The zero-order chi connectivity index (χ0) is 20.6. The van der Waals surface area contributed by atoms with Crippen molar-refractivity contribution >= 4 is 15.9 Å². The average Bonchev–Trinajstić information content (AvgIpc) is 2.67. The molecule has 0 aliphatic carbocycles. The number of primary sulfonamides is 1. The molecule has 0 aliphatic rings. The minimum absolute atomic E-state index is 0.0417. The van der Waals surface area contributed by atoms with Crippen molar-refractivity contribution in [2.24, 2.45) is 5.14 Å². The van der Waals surface area contributed by atoms with Gasteiger partial charge in [-0.25, -0.2) is 13.6 Å². The Hall–Kier alpha value is -2.38. The summed E-state index contributed by atoms with van der Waals surface area (Å²) in [7, 11) is -3.73. The van der Waals surface area contributed by atoms with Crippen molar-refractivity contribution in [3.63, 3.8) is 0 Å². The summed E-state index contributed by atoms with van der Waals surface area (Å²) in [6.45, 7) is 4.68. The highest BCUT2D eigenvalue weighted by Gasteiger charge is 2.13. The molecule has 7 heteroatoms. The number of amides is 1. The Morgan fingerprint density at radius 1 is 1.04 bits per heavy atom. The molecule has 0 spiro atoms. The number of nitrogens with one attached hydrogen (secondary N) is 1. The highest BCUT2D eigenvalue weighted by atomic mass is 32.2. The molecular weight excluding hydrogens is 376 g/mol. The van der Waals surface area contributed by atoms with E-state index in [1.165, 1.54) is 25.0 Å². The number of unbranched alkanes of at least 4 members (excludes halogenated alkanes) is 3. The van der Waals surface area contributed by atoms with Crippen LogP contribution in [0.4, 0.5) is 0 Å². The van der Waals surface area contributed by atoms with Gasteiger partial charge in [0.1, 0.15) is 5.75 Å². The normalized spacial score (nSPS) is 12.4. The number of rotatable bonds is 10. The lowest BCUT2D eigenvalue weighted by Crippen LogP contribution is -2.26. The van der Waals surface area contributed by atoms with Crippen LogP contribution >= 0.6 is 0 Å². The van der Waals surface area contributed by atoms with Gasteiger partial charge in [-0.15, -0.1) is 0 Å². The third-order valence-electron chi connectivity index (χ3n) is 4.44. The number of carbonyl (C=O) groups excluding carboxylic acids is 1. The molecule has 0 aromatic heterocycles. The first kappa shape index (κ1) is 21.9. The van der Waals surface area contributed by atoms with E-state index in [0.29, 0.717) is 12.2 Å². The molecular formula is C21H28N2O4S. The van der Waals surface area contributed by atoms with Crippen molar-refractivity contribution in [2.45, 2.75) is 50.5 Å². The minimum Gasteiger partial charge on any atom is -0.494 e. The van der Waals surface area contributed by atoms with Gasteiger partial charge in [-0.3, -0.25) is 4.79 Å². The standard InChI is InChI=1S/C21H28N2O4S/c1-3-4-5-6-15-27-19-11-7-18(8-12-19)21(24)23-16(2)17-9-13-20(14-10-17)28(22,25)26/h7-14,16H,3-6,15H2,1-2H3,(H,23,24)(H2,22,25,26)/t16-/m0/s1. The Morgan fingerprint density at radius 3 is 2.25 bits per heavy atom. The maximum Gasteiger partial charge on any atom is 0.251 e. The van der Waals surface area contributed by atoms with Crippen LogP contribution in [-0.2, 0) is 10.0 Å². The van der Waals surface area contributed by atoms with E-state index in [4.69, 9.17) is 9.88 Å². The second-order valence-electron chi connectivity index (χ2n) is 6.74. The Balaban J connectivity index is 1.89. The van der Waals surface area contributed by atoms with Gasteiger partial charge in [0, 0.05) is 5.56 Å². The molecule has 28 heavy (non-hydrogen) atoms. The van der Waals surface area contributed by atoms with E-state index in [2.05, 4.69) is 12.2 Å². The predicted octanol–water partition coefficient (Wildman–Crippen LogP) is 3.78. The first-order valence-electron chi connectivity index (χ1n) is 9.47. The molecule has 0 unspecified atom stereocenters. The second kappa shape index (κ2) is 10.2. The van der Waals surface area contributed by atoms with E-state index in [9.17, 15) is 13.2 Å². The average molecular weight is 405 g/mol. The van der Waals surface area contributed by atoms with E-state index in [1.54, 1.807) is 36.4 Å². The highest BCUT2D eigenvalue weighted by Crippen LogP contribution is 2.17. The summed E-state index contributed by atoms with van der Waals surface area (Å²) in [5, 5.41) is 7.99. The molecule has 2 aromatic carbocycles. The van der Waals surface area contributed by atoms with Crippen molar-refractivity contribution < 1.29 is 17.9 Å². The molecule has 0 saturated carbocycles. The van der Waals surface area contributed by atoms with E-state index in [1.807, 2.05) is 6.92 Å². The van der Waals surface area contributed by atoms with Crippen molar-refractivity contribution in [3.05, 3.63) is 59.7 Å². The van der Waals surface area contributed by atoms with E-state index in [0.717, 1.165) is 24.2 Å². The van der Waals surface area contributed by atoms with Crippen molar-refractivity contribution in [3.8, 4) is 5.75 Å². The van der Waals surface area contributed by atoms with Gasteiger partial charge < -0.3 is 10.1 Å². The summed E-state index contributed by atoms with van der Waals surface area (Å²) in [5.74, 6) is 0.539. The largest absolute Gasteiger partial charge is 0.494 e. The molecule has 1 amide bonds. The fourth-order valence-electron chi connectivity index (χ4n) is 2.73. The number of carbonyl (C=O) groups is 1. The van der Waals surface area contributed by atoms with Gasteiger partial charge in [0.15, 0.2) is 0 Å². The van der Waals surface area contributed by atoms with Crippen LogP contribution < -0.4 is 15.2 Å². The van der Waals surface area contributed by atoms with Gasteiger partial charge in [-0.1, -0.05) is 38.3 Å². The van der Waals surface area contributed by atoms with Gasteiger partial charge in [0.2, 0.25) is 10.0 Å². The van der Waals surface area contributed by atoms with Crippen molar-refractivity contribution in [1.82, 2.24) is 5.32 Å². The lowest BCUT2D eigenvalue weighted by Gasteiger charge is -2.15. The summed E-state index contributed by atoms with van der Waals surface area (Å²) in [4.78, 5) is 12.5. The Kier molecular flexibility index (Phi) is 8.02. The lowest BCUT2D eigenvalue weighted by molar-refractivity contribution is 0.0940. The molecule has 6 nitrogen and oxygen atoms in total. The maximum atomic E-state index is 12.4. The summed E-state index contributed by atoms with van der Waals surface area (Å²) < 4.78 is 28.3. The zero-order valence-electron chi connectivity index (χ0n) is 16.4. The first-order valence-corrected chi connectivity index (χ1v) is 11.0. The van der Waals surface area contributed by atoms with E-state index in [-0.39, 0.29) is 16.8 Å². The SMILES string of the molecule is CCCCCCOc1ccc(C(=O)N[C@@H](C)c2ccc(S(N)(=O)=O)cc2)cc1. The highest BCUT2D eigenvalue weighted by molar-refractivity contribution is 7.89. The van der Waals surface area contributed by atoms with Gasteiger partial charge in [-0.05, 0) is 55.3 Å². The number of sulfonamides is 1. The van der Waals surface area contributed by atoms with E-state index < -0.39 is 10.0 Å². The third-order valence-corrected chi connectivity index (χ3v) is 5.37. The van der Waals surface area contributed by atoms with Crippen LogP contribution in [0, 0.1) is 0 Å². The number of ether oxygens (including phenoxy) is 1. The summed E-state index contributed by atoms with van der Waals surface area (Å²) in [6, 6.07) is 12.9. The van der Waals surface area contributed by atoms with Crippen LogP contribution in [0.15, 0.2) is 53.4 Å². The maximum absolute atomic E-state index is 12.4. The number of hydrogen-bond donors (Lipinski definition) is 2. The molecule has 0 heterocycles. The van der Waals surface area contributed by atoms with Crippen LogP contribution in [0.2, 0.25) is 0 Å². The minimum atomic E-state index is -3.73. The molecule has 2 aromatic rings. The molecule has 1 atom stereocenters. The van der Waals surface area contributed by atoms with Crippen LogP contribution in [0.25, 0.3) is 0 Å². The summed E-state index contributed by atoms with van der Waals surface area (Å²) in [5.41, 5.74) is 1.32. The summed E-state index contributed by atoms with van der Waals surface area (Å²) >= 11 is 0. The summed E-state index contributed by atoms with van der Waals surface area (Å²) in [6.07, 6.45) is 4.59. The second-order valence-corrected chi connectivity index (χ2v) is 8.30. The zero-order valence-corrected chi connectivity index (χ0v) is 17.2. The van der Waals surface area contributed by atoms with Crippen molar-refractivity contribution in [1.29, 1.82) is 0 Å². The van der Waals surface area contributed by atoms with Gasteiger partial charge >= 0.3 is 0 Å². The number of benzene rings is 2. The first-order chi connectivity index (χ1) is 13.3. The van der Waals surface area contributed by atoms with E-state index >= 15 is 0 Å². The molecule has 0 bridgehead atoms. The Labute approximate surface area is 167 Å². The molecule has 0 fully saturated rings. The molecule has 2 rings (SSSR count). The molecule has 3 N–H and O–H groups in total. The third kappa shape index (κ3) is 6.65. The van der Waals surface area contributed by atoms with Gasteiger partial charge in [0.05, 0.1) is 17.5 Å². The molecule has 152 valence electrons. The topological polar surface area (TPSA) is 98.5 Å². The van der Waals surface area contributed by atoms with Crippen LogP contribution in [0.5, 0.6) is 5.75 Å². The fraction of sp³-hybridized carbons (Fsp3) is 0.381. The quantitative estimate of drug-likeness (QED) is 0.589. The number of nitrogens with two attached hydrogens (primary N) is 1. The van der Waals surface area contributed by atoms with Gasteiger partial charge in [-0.2, -0.15) is 0 Å². The van der Waals surface area contributed by atoms with Crippen LogP contribution in [-0.4, -0.2) is 20.9 Å². The van der Waals surface area contributed by atoms with Gasteiger partial charge in [0.25, 0.3) is 5.91 Å². The van der Waals surface area contributed by atoms with Crippen LogP contribution in [0.1, 0.15) is 61.5 Å². The smallest absolute Gasteiger partial charge is 0.251 e. The molecule has 0 saturated heterocycles. The molecule has 0 aliphatic heterocycles.